The molecule has 2 aliphatic rings. The molecule has 0 bridgehead atoms. The van der Waals surface area contributed by atoms with Crippen LogP contribution < -0.4 is 11.1 Å². The number of carbonyl (C=O) groups is 2. The fourth-order valence-electron chi connectivity index (χ4n) is 3.22. The van der Waals surface area contributed by atoms with E-state index in [1.54, 1.807) is 0 Å². The molecule has 5 nitrogen and oxygen atoms in total. The van der Waals surface area contributed by atoms with Crippen LogP contribution in [-0.4, -0.2) is 28.6 Å². The minimum atomic E-state index is -0.715. The van der Waals surface area contributed by atoms with Crippen LogP contribution in [-0.2, 0) is 9.59 Å². The third kappa shape index (κ3) is 3.47. The van der Waals surface area contributed by atoms with Gasteiger partial charge in [-0.3, -0.25) is 9.59 Å². The maximum Gasteiger partial charge on any atom is 0.306 e. The highest BCUT2D eigenvalue weighted by molar-refractivity contribution is 5.86. The second-order valence-corrected chi connectivity index (χ2v) is 6.08. The average molecular weight is 268 g/mol. The molecular weight excluding hydrogens is 244 g/mol. The van der Waals surface area contributed by atoms with Crippen molar-refractivity contribution in [2.75, 3.05) is 0 Å². The first kappa shape index (κ1) is 14.3. The van der Waals surface area contributed by atoms with Crippen molar-refractivity contribution < 1.29 is 14.7 Å². The third-order valence-electron chi connectivity index (χ3n) is 4.61. The molecule has 108 valence electrons. The summed E-state index contributed by atoms with van der Waals surface area (Å²) in [4.78, 5) is 23.1. The molecule has 0 saturated heterocycles. The molecule has 0 aromatic heterocycles. The van der Waals surface area contributed by atoms with Gasteiger partial charge in [-0.15, -0.1) is 0 Å². The van der Waals surface area contributed by atoms with Crippen LogP contribution in [0.25, 0.3) is 0 Å². The molecule has 19 heavy (non-hydrogen) atoms. The lowest BCUT2D eigenvalue weighted by Crippen LogP contribution is -2.57. The van der Waals surface area contributed by atoms with Crippen LogP contribution in [0.3, 0.4) is 0 Å². The Kier molecular flexibility index (Phi) is 4.45. The fourth-order valence-corrected chi connectivity index (χ4v) is 3.22. The molecule has 4 N–H and O–H groups in total. The molecule has 2 rings (SSSR count). The second-order valence-electron chi connectivity index (χ2n) is 6.08. The quantitative estimate of drug-likeness (QED) is 0.721. The molecule has 1 amide bonds. The van der Waals surface area contributed by atoms with Crippen molar-refractivity contribution in [1.82, 2.24) is 5.32 Å². The Morgan fingerprint density at radius 1 is 1.05 bits per heavy atom. The smallest absolute Gasteiger partial charge is 0.306 e. The van der Waals surface area contributed by atoms with Crippen LogP contribution in [0, 0.1) is 5.92 Å². The summed E-state index contributed by atoms with van der Waals surface area (Å²) >= 11 is 0. The number of amides is 1. The summed E-state index contributed by atoms with van der Waals surface area (Å²) in [6.07, 6.45) is 7.54. The van der Waals surface area contributed by atoms with E-state index in [2.05, 4.69) is 5.32 Å². The van der Waals surface area contributed by atoms with Crippen molar-refractivity contribution >= 4 is 11.9 Å². The van der Waals surface area contributed by atoms with Crippen molar-refractivity contribution in [2.24, 2.45) is 11.7 Å². The molecule has 0 aliphatic heterocycles. The van der Waals surface area contributed by atoms with Crippen LogP contribution in [0.15, 0.2) is 0 Å². The molecule has 0 heterocycles. The van der Waals surface area contributed by atoms with Crippen molar-refractivity contribution in [2.45, 2.75) is 69.4 Å². The highest BCUT2D eigenvalue weighted by Gasteiger charge is 2.37. The maximum absolute atomic E-state index is 12.3. The summed E-state index contributed by atoms with van der Waals surface area (Å²) in [7, 11) is 0. The van der Waals surface area contributed by atoms with Gasteiger partial charge in [0.05, 0.1) is 11.5 Å². The van der Waals surface area contributed by atoms with Gasteiger partial charge >= 0.3 is 5.97 Å². The van der Waals surface area contributed by atoms with E-state index in [1.807, 2.05) is 0 Å². The predicted molar refractivity (Wildman–Crippen MR) is 71.5 cm³/mol. The highest BCUT2D eigenvalue weighted by Crippen LogP contribution is 2.28. The molecule has 0 unspecified atom stereocenters. The molecular formula is C14H24N2O3. The Balaban J connectivity index is 1.82. The molecule has 0 aromatic rings. The van der Waals surface area contributed by atoms with Crippen LogP contribution in [0.5, 0.6) is 0 Å². The third-order valence-corrected chi connectivity index (χ3v) is 4.61. The molecule has 0 aromatic carbocycles. The Morgan fingerprint density at radius 2 is 1.63 bits per heavy atom. The first-order chi connectivity index (χ1) is 9.01. The second kappa shape index (κ2) is 5.90. The number of rotatable bonds is 3. The van der Waals surface area contributed by atoms with Crippen molar-refractivity contribution in [3.63, 3.8) is 0 Å². The summed E-state index contributed by atoms with van der Waals surface area (Å²) in [5.41, 5.74) is 5.50. The van der Waals surface area contributed by atoms with Crippen LogP contribution >= 0.6 is 0 Å². The van der Waals surface area contributed by atoms with Crippen molar-refractivity contribution in [1.29, 1.82) is 0 Å². The summed E-state index contributed by atoms with van der Waals surface area (Å²) in [6, 6.07) is 0.102. The van der Waals surface area contributed by atoms with E-state index in [1.165, 1.54) is 0 Å². The first-order valence-electron chi connectivity index (χ1n) is 7.34. The number of carboxylic acids is 1. The van der Waals surface area contributed by atoms with Gasteiger partial charge < -0.3 is 16.2 Å². The lowest BCUT2D eigenvalue weighted by Gasteiger charge is -2.35. The normalized spacial score (nSPS) is 30.6. The van der Waals surface area contributed by atoms with Crippen molar-refractivity contribution in [3.05, 3.63) is 0 Å². The molecule has 0 spiro atoms. The summed E-state index contributed by atoms with van der Waals surface area (Å²) in [5, 5.41) is 12.0. The van der Waals surface area contributed by atoms with Gasteiger partial charge in [0.25, 0.3) is 0 Å². The van der Waals surface area contributed by atoms with E-state index in [4.69, 9.17) is 10.8 Å². The standard InChI is InChI=1S/C14H24N2O3/c15-14(8-2-1-3-9-14)13(19)16-11-6-4-10(5-7-11)12(17)18/h10-11H,1-9,15H2,(H,16,19)(H,17,18). The number of carboxylic acid groups (broad SMARTS) is 1. The van der Waals surface area contributed by atoms with E-state index in [-0.39, 0.29) is 17.9 Å². The molecule has 0 radical (unpaired) electrons. The van der Waals surface area contributed by atoms with Gasteiger partial charge in [-0.1, -0.05) is 19.3 Å². The maximum atomic E-state index is 12.3. The molecule has 2 aliphatic carbocycles. The summed E-state index contributed by atoms with van der Waals surface area (Å²) in [6.45, 7) is 0. The fraction of sp³-hybridized carbons (Fsp3) is 0.857. The minimum Gasteiger partial charge on any atom is -0.481 e. The lowest BCUT2D eigenvalue weighted by atomic mass is 9.81. The van der Waals surface area contributed by atoms with E-state index in [9.17, 15) is 9.59 Å². The Labute approximate surface area is 113 Å². The van der Waals surface area contributed by atoms with Crippen molar-refractivity contribution in [3.8, 4) is 0 Å². The van der Waals surface area contributed by atoms with E-state index in [0.29, 0.717) is 12.8 Å². The molecule has 2 fully saturated rings. The largest absolute Gasteiger partial charge is 0.481 e. The monoisotopic (exact) mass is 268 g/mol. The zero-order valence-electron chi connectivity index (χ0n) is 11.4. The first-order valence-corrected chi connectivity index (χ1v) is 7.34. The molecule has 2 saturated carbocycles. The Morgan fingerprint density at radius 3 is 2.16 bits per heavy atom. The lowest BCUT2D eigenvalue weighted by molar-refractivity contribution is -0.142. The number of nitrogens with two attached hydrogens (primary N) is 1. The van der Waals surface area contributed by atoms with Gasteiger partial charge in [0.2, 0.25) is 5.91 Å². The molecule has 0 atom stereocenters. The Bertz CT molecular complexity index is 343. The van der Waals surface area contributed by atoms with E-state index >= 15 is 0 Å². The summed E-state index contributed by atoms with van der Waals surface area (Å²) in [5.74, 6) is -0.993. The number of hydrogen-bond acceptors (Lipinski definition) is 3. The zero-order valence-corrected chi connectivity index (χ0v) is 11.4. The SMILES string of the molecule is NC1(C(=O)NC2CCC(C(=O)O)CC2)CCCCC1. The number of nitrogens with one attached hydrogen (secondary N) is 1. The summed E-state index contributed by atoms with van der Waals surface area (Å²) < 4.78 is 0. The Hall–Kier alpha value is -1.10. The van der Waals surface area contributed by atoms with Gasteiger partial charge in [-0.2, -0.15) is 0 Å². The number of aliphatic carboxylic acids is 1. The van der Waals surface area contributed by atoms with Crippen LogP contribution in [0.1, 0.15) is 57.8 Å². The van der Waals surface area contributed by atoms with Gasteiger partial charge in [0, 0.05) is 6.04 Å². The average Bonchev–Trinajstić information content (AvgIpc) is 2.40. The van der Waals surface area contributed by atoms with Gasteiger partial charge in [-0.25, -0.2) is 0 Å². The van der Waals surface area contributed by atoms with Gasteiger partial charge in [0.15, 0.2) is 0 Å². The van der Waals surface area contributed by atoms with Crippen LogP contribution in [0.2, 0.25) is 0 Å². The zero-order chi connectivity index (χ0) is 13.9. The van der Waals surface area contributed by atoms with E-state index in [0.717, 1.165) is 44.9 Å². The number of hydrogen-bond donors (Lipinski definition) is 3. The van der Waals surface area contributed by atoms with E-state index < -0.39 is 11.5 Å². The number of carbonyl (C=O) groups excluding carboxylic acids is 1. The topological polar surface area (TPSA) is 92.4 Å². The molecule has 5 heteroatoms. The van der Waals surface area contributed by atoms with Gasteiger partial charge in [-0.05, 0) is 38.5 Å². The minimum absolute atomic E-state index is 0.0361. The van der Waals surface area contributed by atoms with Gasteiger partial charge in [0.1, 0.15) is 0 Å². The predicted octanol–water partition coefficient (Wildman–Crippen LogP) is 1.41. The highest BCUT2D eigenvalue weighted by atomic mass is 16.4. The van der Waals surface area contributed by atoms with Crippen LogP contribution in [0.4, 0.5) is 0 Å².